The van der Waals surface area contributed by atoms with Crippen molar-refractivity contribution >= 4 is 11.9 Å². The SMILES string of the molecule is C=C/C(=C\C=C/C)CC(C(=O)O)N1CCCC1=O. The molecule has 1 fully saturated rings. The van der Waals surface area contributed by atoms with E-state index in [-0.39, 0.29) is 5.91 Å². The molecule has 4 nitrogen and oxygen atoms in total. The quantitative estimate of drug-likeness (QED) is 0.734. The Hall–Kier alpha value is -1.84. The highest BCUT2D eigenvalue weighted by molar-refractivity contribution is 5.85. The Bertz CT molecular complexity index is 396. The molecule has 0 saturated carbocycles. The Morgan fingerprint density at radius 3 is 2.78 bits per heavy atom. The molecule has 0 aromatic carbocycles. The van der Waals surface area contributed by atoms with Gasteiger partial charge in [-0.1, -0.05) is 30.9 Å². The van der Waals surface area contributed by atoms with Crippen LogP contribution in [-0.4, -0.2) is 34.5 Å². The standard InChI is InChI=1S/C14H19NO3/c1-3-5-7-11(4-2)10-12(14(17)18)15-9-6-8-13(15)16/h3-5,7,12H,2,6,8-10H2,1H3,(H,17,18)/b5-3-,11-7+. The molecule has 4 heteroatoms. The number of carboxylic acids is 1. The number of amides is 1. The van der Waals surface area contributed by atoms with Crippen molar-refractivity contribution in [2.45, 2.75) is 32.2 Å². The van der Waals surface area contributed by atoms with Crippen molar-refractivity contribution < 1.29 is 14.7 Å². The van der Waals surface area contributed by atoms with Gasteiger partial charge in [0.15, 0.2) is 0 Å². The second kappa shape index (κ2) is 6.79. The number of nitrogens with zero attached hydrogens (tertiary/aromatic N) is 1. The van der Waals surface area contributed by atoms with Gasteiger partial charge in [0.1, 0.15) is 6.04 Å². The molecule has 1 amide bonds. The predicted molar refractivity (Wildman–Crippen MR) is 70.1 cm³/mol. The van der Waals surface area contributed by atoms with Gasteiger partial charge >= 0.3 is 5.97 Å². The highest BCUT2D eigenvalue weighted by Gasteiger charge is 2.32. The van der Waals surface area contributed by atoms with Crippen LogP contribution >= 0.6 is 0 Å². The Morgan fingerprint density at radius 1 is 1.61 bits per heavy atom. The summed E-state index contributed by atoms with van der Waals surface area (Å²) < 4.78 is 0. The highest BCUT2D eigenvalue weighted by atomic mass is 16.4. The number of rotatable bonds is 6. The van der Waals surface area contributed by atoms with Crippen molar-refractivity contribution in [2.24, 2.45) is 0 Å². The van der Waals surface area contributed by atoms with E-state index in [1.165, 1.54) is 4.90 Å². The largest absolute Gasteiger partial charge is 0.480 e. The Morgan fingerprint density at radius 2 is 2.33 bits per heavy atom. The lowest BCUT2D eigenvalue weighted by Crippen LogP contribution is -2.42. The summed E-state index contributed by atoms with van der Waals surface area (Å²) in [6.45, 7) is 6.09. The molecule has 1 rings (SSSR count). The Balaban J connectivity index is 2.82. The van der Waals surface area contributed by atoms with Gasteiger partial charge in [0.05, 0.1) is 0 Å². The van der Waals surface area contributed by atoms with Crippen molar-refractivity contribution in [1.82, 2.24) is 4.90 Å². The minimum atomic E-state index is -0.960. The third kappa shape index (κ3) is 3.58. The van der Waals surface area contributed by atoms with Crippen molar-refractivity contribution in [1.29, 1.82) is 0 Å². The normalized spacial score (nSPS) is 18.4. The van der Waals surface area contributed by atoms with Crippen molar-refractivity contribution in [3.05, 3.63) is 36.5 Å². The zero-order valence-corrected chi connectivity index (χ0v) is 10.6. The summed E-state index contributed by atoms with van der Waals surface area (Å²) >= 11 is 0. The molecule has 1 saturated heterocycles. The molecule has 1 atom stereocenters. The fourth-order valence-electron chi connectivity index (χ4n) is 1.99. The topological polar surface area (TPSA) is 57.6 Å². The second-order valence-electron chi connectivity index (χ2n) is 4.22. The molecule has 0 radical (unpaired) electrons. The molecule has 0 aromatic heterocycles. The van der Waals surface area contributed by atoms with Gasteiger partial charge in [-0.3, -0.25) is 4.79 Å². The fraction of sp³-hybridized carbons (Fsp3) is 0.429. The van der Waals surface area contributed by atoms with Crippen LogP contribution in [0.4, 0.5) is 0 Å². The monoisotopic (exact) mass is 249 g/mol. The Labute approximate surface area is 107 Å². The average molecular weight is 249 g/mol. The molecule has 98 valence electrons. The smallest absolute Gasteiger partial charge is 0.326 e. The molecule has 0 aromatic rings. The van der Waals surface area contributed by atoms with Gasteiger partial charge in [-0.25, -0.2) is 4.79 Å². The first-order valence-electron chi connectivity index (χ1n) is 6.06. The van der Waals surface area contributed by atoms with Gasteiger partial charge in [-0.05, 0) is 18.9 Å². The molecule has 0 bridgehead atoms. The van der Waals surface area contributed by atoms with E-state index in [1.807, 2.05) is 25.2 Å². The first-order valence-corrected chi connectivity index (χ1v) is 6.06. The van der Waals surface area contributed by atoms with E-state index in [1.54, 1.807) is 6.08 Å². The summed E-state index contributed by atoms with van der Waals surface area (Å²) in [4.78, 5) is 24.3. The summed E-state index contributed by atoms with van der Waals surface area (Å²) in [5.74, 6) is -1.03. The van der Waals surface area contributed by atoms with E-state index >= 15 is 0 Å². The molecule has 0 spiro atoms. The number of carbonyl (C=O) groups is 2. The van der Waals surface area contributed by atoms with Crippen LogP contribution in [0.3, 0.4) is 0 Å². The number of allylic oxidation sites excluding steroid dienone is 4. The summed E-state index contributed by atoms with van der Waals surface area (Å²) in [7, 11) is 0. The van der Waals surface area contributed by atoms with Gasteiger partial charge < -0.3 is 10.0 Å². The average Bonchev–Trinajstić information content (AvgIpc) is 2.75. The first kappa shape index (κ1) is 14.2. The predicted octanol–water partition coefficient (Wildman–Crippen LogP) is 2.14. The van der Waals surface area contributed by atoms with Crippen LogP contribution < -0.4 is 0 Å². The highest BCUT2D eigenvalue weighted by Crippen LogP contribution is 2.19. The zero-order chi connectivity index (χ0) is 13.5. The molecule has 1 aliphatic rings. The first-order chi connectivity index (χ1) is 8.60. The lowest BCUT2D eigenvalue weighted by molar-refractivity contribution is -0.148. The van der Waals surface area contributed by atoms with Crippen molar-refractivity contribution in [3.8, 4) is 0 Å². The molecule has 1 aliphatic heterocycles. The maximum atomic E-state index is 11.6. The van der Waals surface area contributed by atoms with E-state index in [0.29, 0.717) is 19.4 Å². The van der Waals surface area contributed by atoms with E-state index in [4.69, 9.17) is 0 Å². The van der Waals surface area contributed by atoms with Crippen molar-refractivity contribution in [2.75, 3.05) is 6.54 Å². The summed E-state index contributed by atoms with van der Waals surface area (Å²) in [5, 5.41) is 9.25. The van der Waals surface area contributed by atoms with Crippen LogP contribution in [0, 0.1) is 0 Å². The third-order valence-corrected chi connectivity index (χ3v) is 2.97. The number of carboxylic acid groups (broad SMARTS) is 1. The van der Waals surface area contributed by atoms with E-state index < -0.39 is 12.0 Å². The van der Waals surface area contributed by atoms with E-state index in [2.05, 4.69) is 6.58 Å². The van der Waals surface area contributed by atoms with Crippen LogP contribution in [0.15, 0.2) is 36.5 Å². The van der Waals surface area contributed by atoms with E-state index in [0.717, 1.165) is 12.0 Å². The fourth-order valence-corrected chi connectivity index (χ4v) is 1.99. The van der Waals surface area contributed by atoms with E-state index in [9.17, 15) is 14.7 Å². The maximum absolute atomic E-state index is 11.6. The molecule has 1 N–H and O–H groups in total. The molecule has 0 aliphatic carbocycles. The lowest BCUT2D eigenvalue weighted by Gasteiger charge is -2.24. The van der Waals surface area contributed by atoms with Crippen LogP contribution in [0.1, 0.15) is 26.2 Å². The van der Waals surface area contributed by atoms with Crippen LogP contribution in [-0.2, 0) is 9.59 Å². The van der Waals surface area contributed by atoms with Gasteiger partial charge in [-0.15, -0.1) is 0 Å². The Kier molecular flexibility index (Phi) is 5.36. The van der Waals surface area contributed by atoms with Crippen molar-refractivity contribution in [3.63, 3.8) is 0 Å². The second-order valence-corrected chi connectivity index (χ2v) is 4.22. The maximum Gasteiger partial charge on any atom is 0.326 e. The molecule has 18 heavy (non-hydrogen) atoms. The lowest BCUT2D eigenvalue weighted by atomic mass is 10.0. The molecule has 1 unspecified atom stereocenters. The summed E-state index contributed by atoms with van der Waals surface area (Å²) in [6.07, 6.45) is 8.65. The number of carbonyl (C=O) groups excluding carboxylic acids is 1. The minimum Gasteiger partial charge on any atom is -0.480 e. The molecular weight excluding hydrogens is 230 g/mol. The minimum absolute atomic E-state index is 0.0724. The summed E-state index contributed by atoms with van der Waals surface area (Å²) in [5.41, 5.74) is 0.820. The van der Waals surface area contributed by atoms with Crippen LogP contribution in [0.25, 0.3) is 0 Å². The van der Waals surface area contributed by atoms with Gasteiger partial charge in [0.25, 0.3) is 0 Å². The van der Waals surface area contributed by atoms with Gasteiger partial charge in [0.2, 0.25) is 5.91 Å². The number of likely N-dealkylation sites (tertiary alicyclic amines) is 1. The molecule has 1 heterocycles. The summed E-state index contributed by atoms with van der Waals surface area (Å²) in [6, 6.07) is -0.783. The number of hydrogen-bond acceptors (Lipinski definition) is 2. The zero-order valence-electron chi connectivity index (χ0n) is 10.6. The molecular formula is C14H19NO3. The third-order valence-electron chi connectivity index (χ3n) is 2.97. The van der Waals surface area contributed by atoms with Gasteiger partial charge in [-0.2, -0.15) is 0 Å². The number of aliphatic carboxylic acids is 1. The number of hydrogen-bond donors (Lipinski definition) is 1. The van der Waals surface area contributed by atoms with Crippen LogP contribution in [0.2, 0.25) is 0 Å². The van der Waals surface area contributed by atoms with Crippen LogP contribution in [0.5, 0.6) is 0 Å². The van der Waals surface area contributed by atoms with Gasteiger partial charge in [0, 0.05) is 19.4 Å².